The number of rotatable bonds is 4. The number of nitrogens with one attached hydrogen (secondary N) is 1. The summed E-state index contributed by atoms with van der Waals surface area (Å²) in [5.74, 6) is 0.0837. The Bertz CT molecular complexity index is 697. The van der Waals surface area contributed by atoms with E-state index < -0.39 is 10.0 Å². The van der Waals surface area contributed by atoms with Crippen LogP contribution in [0, 0.1) is 0 Å². The van der Waals surface area contributed by atoms with Gasteiger partial charge in [-0.25, -0.2) is 8.42 Å². The molecule has 0 aromatic heterocycles. The van der Waals surface area contributed by atoms with E-state index in [-0.39, 0.29) is 10.8 Å². The summed E-state index contributed by atoms with van der Waals surface area (Å²) >= 11 is 5.82. The van der Waals surface area contributed by atoms with E-state index in [2.05, 4.69) is 0 Å². The fraction of sp³-hybridized carbons (Fsp3) is 0.562. The van der Waals surface area contributed by atoms with Crippen molar-refractivity contribution in [3.05, 3.63) is 29.3 Å². The molecule has 0 spiro atoms. The van der Waals surface area contributed by atoms with Gasteiger partial charge in [-0.3, -0.25) is 4.79 Å². The third-order valence-electron chi connectivity index (χ3n) is 4.64. The fourth-order valence-corrected chi connectivity index (χ4v) is 4.64. The van der Waals surface area contributed by atoms with Gasteiger partial charge in [-0.05, 0) is 24.3 Å². The van der Waals surface area contributed by atoms with E-state index in [1.165, 1.54) is 21.3 Å². The van der Waals surface area contributed by atoms with Crippen molar-refractivity contribution < 1.29 is 22.8 Å². The zero-order chi connectivity index (χ0) is 17.9. The number of ether oxygens (including phenoxy) is 1. The molecule has 2 heterocycles. The van der Waals surface area contributed by atoms with Crippen LogP contribution in [0.1, 0.15) is 0 Å². The summed E-state index contributed by atoms with van der Waals surface area (Å²) in [6, 6.07) is 6.16. The summed E-state index contributed by atoms with van der Waals surface area (Å²) < 4.78 is 32.0. The molecule has 3 rings (SSSR count). The molecule has 2 fully saturated rings. The van der Waals surface area contributed by atoms with Crippen molar-refractivity contribution in [2.75, 3.05) is 59.0 Å². The number of sulfonamides is 1. The van der Waals surface area contributed by atoms with Crippen molar-refractivity contribution in [2.45, 2.75) is 4.90 Å². The summed E-state index contributed by atoms with van der Waals surface area (Å²) in [6.45, 7) is 5.00. The quantitative estimate of drug-likeness (QED) is 0.724. The van der Waals surface area contributed by atoms with E-state index in [0.717, 1.165) is 13.1 Å². The Hall–Kier alpha value is -1.19. The van der Waals surface area contributed by atoms with Gasteiger partial charge < -0.3 is 14.5 Å². The van der Waals surface area contributed by atoms with E-state index in [1.807, 2.05) is 0 Å². The van der Waals surface area contributed by atoms with Crippen molar-refractivity contribution in [3.8, 4) is 0 Å². The number of halogens is 1. The van der Waals surface area contributed by atoms with Crippen LogP contribution in [0.25, 0.3) is 0 Å². The number of hydrogen-bond donors (Lipinski definition) is 1. The molecule has 1 N–H and O–H groups in total. The maximum absolute atomic E-state index is 12.7. The van der Waals surface area contributed by atoms with Crippen LogP contribution in [0.3, 0.4) is 0 Å². The molecule has 2 aliphatic heterocycles. The van der Waals surface area contributed by atoms with Gasteiger partial charge in [-0.15, -0.1) is 0 Å². The lowest BCUT2D eigenvalue weighted by Gasteiger charge is -2.34. The molecular weight excluding hydrogens is 366 g/mol. The number of hydrogen-bond acceptors (Lipinski definition) is 4. The van der Waals surface area contributed by atoms with Crippen LogP contribution in [-0.4, -0.2) is 82.6 Å². The van der Waals surface area contributed by atoms with E-state index >= 15 is 0 Å². The molecule has 0 atom stereocenters. The maximum atomic E-state index is 12.7. The molecule has 7 nitrogen and oxygen atoms in total. The number of amides is 1. The van der Waals surface area contributed by atoms with Crippen LogP contribution in [-0.2, 0) is 19.6 Å². The standard InChI is InChI=1S/C16H22ClN3O4S/c17-14-1-3-15(4-2-14)25(22,23)20-7-5-19(6-8-20)16(21)13-18-9-11-24-12-10-18/h1-4H,5-13H2/p+1. The first-order valence-corrected chi connectivity index (χ1v) is 10.2. The topological polar surface area (TPSA) is 71.4 Å². The molecule has 0 radical (unpaired) electrons. The molecule has 1 aromatic carbocycles. The van der Waals surface area contributed by atoms with Crippen LogP contribution in [0.2, 0.25) is 5.02 Å². The minimum absolute atomic E-state index is 0.0837. The number of benzene rings is 1. The maximum Gasteiger partial charge on any atom is 0.277 e. The second-order valence-corrected chi connectivity index (χ2v) is 8.65. The van der Waals surface area contributed by atoms with E-state index in [9.17, 15) is 13.2 Å². The number of carbonyl (C=O) groups excluding carboxylic acids is 1. The van der Waals surface area contributed by atoms with Gasteiger partial charge >= 0.3 is 0 Å². The Kier molecular flexibility index (Phi) is 5.96. The molecule has 1 aromatic rings. The van der Waals surface area contributed by atoms with Gasteiger partial charge in [0.2, 0.25) is 10.0 Å². The zero-order valence-corrected chi connectivity index (χ0v) is 15.6. The first kappa shape index (κ1) is 18.6. The van der Waals surface area contributed by atoms with Gasteiger partial charge in [0.15, 0.2) is 6.54 Å². The molecule has 0 bridgehead atoms. The fourth-order valence-electron chi connectivity index (χ4n) is 3.10. The van der Waals surface area contributed by atoms with Crippen LogP contribution in [0.5, 0.6) is 0 Å². The molecule has 1 amide bonds. The highest BCUT2D eigenvalue weighted by molar-refractivity contribution is 7.89. The number of carbonyl (C=O) groups is 1. The second kappa shape index (κ2) is 8.01. The van der Waals surface area contributed by atoms with E-state index in [4.69, 9.17) is 16.3 Å². The van der Waals surface area contributed by atoms with Gasteiger partial charge in [0.25, 0.3) is 5.91 Å². The highest BCUT2D eigenvalue weighted by Crippen LogP contribution is 2.19. The minimum Gasteiger partial charge on any atom is -0.370 e. The van der Waals surface area contributed by atoms with Crippen molar-refractivity contribution >= 4 is 27.5 Å². The zero-order valence-electron chi connectivity index (χ0n) is 14.0. The summed E-state index contributed by atoms with van der Waals surface area (Å²) in [4.78, 5) is 15.6. The predicted octanol–water partition coefficient (Wildman–Crippen LogP) is -0.912. The van der Waals surface area contributed by atoms with Crippen LogP contribution in [0.4, 0.5) is 0 Å². The predicted molar refractivity (Wildman–Crippen MR) is 93.2 cm³/mol. The average molecular weight is 389 g/mol. The molecule has 25 heavy (non-hydrogen) atoms. The number of quaternary nitrogens is 1. The van der Waals surface area contributed by atoms with Crippen molar-refractivity contribution in [1.29, 1.82) is 0 Å². The van der Waals surface area contributed by atoms with Crippen molar-refractivity contribution in [3.63, 3.8) is 0 Å². The normalized spacial score (nSPS) is 20.6. The van der Waals surface area contributed by atoms with Gasteiger partial charge in [0.1, 0.15) is 13.1 Å². The Labute approximate surface area is 153 Å². The lowest BCUT2D eigenvalue weighted by Crippen LogP contribution is -3.15. The summed E-state index contributed by atoms with van der Waals surface area (Å²) in [5.41, 5.74) is 0. The SMILES string of the molecule is O=C(C[NH+]1CCOCC1)N1CCN(S(=O)(=O)c2ccc(Cl)cc2)CC1. The molecular formula is C16H23ClN3O4S+. The highest BCUT2D eigenvalue weighted by atomic mass is 35.5. The lowest BCUT2D eigenvalue weighted by molar-refractivity contribution is -0.900. The molecule has 0 aliphatic carbocycles. The Morgan fingerprint density at radius 2 is 1.68 bits per heavy atom. The van der Waals surface area contributed by atoms with Crippen molar-refractivity contribution in [1.82, 2.24) is 9.21 Å². The monoisotopic (exact) mass is 388 g/mol. The van der Waals surface area contributed by atoms with Crippen LogP contribution in [0.15, 0.2) is 29.2 Å². The minimum atomic E-state index is -3.54. The highest BCUT2D eigenvalue weighted by Gasteiger charge is 2.31. The third kappa shape index (κ3) is 4.51. The molecule has 2 saturated heterocycles. The number of piperazine rings is 1. The average Bonchev–Trinajstić information content (AvgIpc) is 2.63. The van der Waals surface area contributed by atoms with Crippen molar-refractivity contribution in [2.24, 2.45) is 0 Å². The molecule has 0 unspecified atom stereocenters. The number of morpholine rings is 1. The van der Waals surface area contributed by atoms with E-state index in [0.29, 0.717) is 51.0 Å². The molecule has 2 aliphatic rings. The molecule has 0 saturated carbocycles. The Morgan fingerprint density at radius 1 is 1.08 bits per heavy atom. The largest absolute Gasteiger partial charge is 0.370 e. The van der Waals surface area contributed by atoms with Gasteiger partial charge in [-0.2, -0.15) is 4.31 Å². The number of nitrogens with zero attached hydrogens (tertiary/aromatic N) is 2. The summed E-state index contributed by atoms with van der Waals surface area (Å²) in [5, 5.41) is 0.500. The first-order valence-electron chi connectivity index (χ1n) is 8.41. The Morgan fingerprint density at radius 3 is 2.28 bits per heavy atom. The van der Waals surface area contributed by atoms with E-state index in [1.54, 1.807) is 17.0 Å². The summed E-state index contributed by atoms with van der Waals surface area (Å²) in [7, 11) is -3.54. The van der Waals surface area contributed by atoms with Gasteiger partial charge in [0, 0.05) is 31.2 Å². The second-order valence-electron chi connectivity index (χ2n) is 6.28. The van der Waals surface area contributed by atoms with Gasteiger partial charge in [0.05, 0.1) is 18.1 Å². The Balaban J connectivity index is 1.55. The van der Waals surface area contributed by atoms with Crippen LogP contribution >= 0.6 is 11.6 Å². The van der Waals surface area contributed by atoms with Crippen LogP contribution < -0.4 is 4.90 Å². The smallest absolute Gasteiger partial charge is 0.277 e. The third-order valence-corrected chi connectivity index (χ3v) is 6.81. The van der Waals surface area contributed by atoms with Gasteiger partial charge in [-0.1, -0.05) is 11.6 Å². The summed E-state index contributed by atoms with van der Waals surface area (Å²) in [6.07, 6.45) is 0. The molecule has 138 valence electrons. The molecule has 9 heteroatoms. The first-order chi connectivity index (χ1) is 12.0. The lowest BCUT2D eigenvalue weighted by atomic mass is 10.3.